The molecule has 2 N–H and O–H groups in total. The highest BCUT2D eigenvalue weighted by Crippen LogP contribution is 2.23. The first-order valence-corrected chi connectivity index (χ1v) is 7.89. The number of nitrogens with zero attached hydrogens (tertiary/aromatic N) is 2. The van der Waals surface area contributed by atoms with Crippen molar-refractivity contribution in [2.24, 2.45) is 0 Å². The van der Waals surface area contributed by atoms with Crippen LogP contribution in [-0.4, -0.2) is 66.3 Å². The fraction of sp³-hybridized carbons (Fsp3) is 0.438. The van der Waals surface area contributed by atoms with Gasteiger partial charge >= 0.3 is 12.0 Å². The number of carbonyl (C=O) groups excluding carboxylic acids is 2. The van der Waals surface area contributed by atoms with E-state index in [0.29, 0.717) is 18.8 Å². The Morgan fingerprint density at radius 1 is 1.36 bits per heavy atom. The lowest BCUT2D eigenvalue weighted by atomic mass is 10.1. The maximum Gasteiger partial charge on any atom is 0.334 e. The van der Waals surface area contributed by atoms with Crippen molar-refractivity contribution in [2.45, 2.75) is 19.1 Å². The van der Waals surface area contributed by atoms with Crippen LogP contribution in [0.2, 0.25) is 0 Å². The quantitative estimate of drug-likeness (QED) is 0.834. The number of benzene rings is 1. The summed E-state index contributed by atoms with van der Waals surface area (Å²) < 4.78 is 19.5. The number of rotatable bonds is 3. The van der Waals surface area contributed by atoms with Gasteiger partial charge in [-0.05, 0) is 25.1 Å². The molecule has 0 radical (unpaired) electrons. The molecule has 2 saturated heterocycles. The van der Waals surface area contributed by atoms with Crippen LogP contribution in [0.3, 0.4) is 0 Å². The molecule has 2 aliphatic heterocycles. The minimum absolute atomic E-state index is 0.160. The van der Waals surface area contributed by atoms with Crippen molar-refractivity contribution >= 4 is 23.6 Å². The molecule has 9 heteroatoms. The van der Waals surface area contributed by atoms with E-state index in [2.05, 4.69) is 5.32 Å². The summed E-state index contributed by atoms with van der Waals surface area (Å²) in [6, 6.07) is 3.57. The molecule has 25 heavy (non-hydrogen) atoms. The van der Waals surface area contributed by atoms with E-state index in [1.165, 1.54) is 21.9 Å². The summed E-state index contributed by atoms with van der Waals surface area (Å²) >= 11 is 0. The molecule has 2 heterocycles. The number of carboxylic acid groups (broad SMARTS) is 1. The number of carbonyl (C=O) groups is 3. The molecule has 2 aliphatic rings. The number of urea groups is 1. The van der Waals surface area contributed by atoms with E-state index in [1.807, 2.05) is 0 Å². The largest absolute Gasteiger partial charge is 0.479 e. The molecule has 1 unspecified atom stereocenters. The van der Waals surface area contributed by atoms with E-state index in [4.69, 9.17) is 9.84 Å². The van der Waals surface area contributed by atoms with Crippen LogP contribution >= 0.6 is 0 Å². The van der Waals surface area contributed by atoms with E-state index in [1.54, 1.807) is 6.92 Å². The second-order valence-electron chi connectivity index (χ2n) is 6.03. The van der Waals surface area contributed by atoms with Gasteiger partial charge in [-0.1, -0.05) is 0 Å². The molecule has 1 aromatic carbocycles. The summed E-state index contributed by atoms with van der Waals surface area (Å²) in [7, 11) is 0. The van der Waals surface area contributed by atoms with Crippen LogP contribution in [0.1, 0.15) is 17.3 Å². The topological polar surface area (TPSA) is 99.2 Å². The number of hydrogen-bond acceptors (Lipinski definition) is 4. The minimum Gasteiger partial charge on any atom is -0.479 e. The summed E-state index contributed by atoms with van der Waals surface area (Å²) in [6.45, 7) is 2.55. The molecule has 0 spiro atoms. The van der Waals surface area contributed by atoms with Gasteiger partial charge in [-0.2, -0.15) is 0 Å². The van der Waals surface area contributed by atoms with Crippen molar-refractivity contribution < 1.29 is 28.6 Å². The first-order chi connectivity index (χ1) is 11.9. The maximum absolute atomic E-state index is 14.2. The number of halogens is 1. The zero-order chi connectivity index (χ0) is 18.1. The molecule has 3 amide bonds. The van der Waals surface area contributed by atoms with Gasteiger partial charge in [-0.25, -0.2) is 14.0 Å². The third-order valence-corrected chi connectivity index (χ3v) is 4.17. The maximum atomic E-state index is 14.2. The summed E-state index contributed by atoms with van der Waals surface area (Å²) in [4.78, 5) is 38.3. The average Bonchev–Trinajstić information content (AvgIpc) is 3.00. The first-order valence-electron chi connectivity index (χ1n) is 7.89. The number of nitrogens with one attached hydrogen (secondary N) is 1. The second-order valence-corrected chi connectivity index (χ2v) is 6.03. The normalized spacial score (nSPS) is 23.5. The molecular weight excluding hydrogens is 333 g/mol. The van der Waals surface area contributed by atoms with Crippen LogP contribution in [0.4, 0.5) is 14.9 Å². The van der Waals surface area contributed by atoms with Crippen molar-refractivity contribution in [3.8, 4) is 0 Å². The van der Waals surface area contributed by atoms with Crippen molar-refractivity contribution in [3.05, 3.63) is 29.6 Å². The molecule has 0 aliphatic carbocycles. The Kier molecular flexibility index (Phi) is 4.58. The van der Waals surface area contributed by atoms with Gasteiger partial charge in [0, 0.05) is 25.3 Å². The number of morpholine rings is 1. The van der Waals surface area contributed by atoms with Crippen molar-refractivity contribution in [1.29, 1.82) is 0 Å². The van der Waals surface area contributed by atoms with Crippen LogP contribution in [0.25, 0.3) is 0 Å². The zero-order valence-corrected chi connectivity index (χ0v) is 13.6. The number of carboxylic acids is 1. The number of aliphatic carboxylic acids is 1. The van der Waals surface area contributed by atoms with Gasteiger partial charge in [0.25, 0.3) is 5.91 Å². The molecule has 2 atom stereocenters. The van der Waals surface area contributed by atoms with Crippen LogP contribution in [0.5, 0.6) is 0 Å². The Labute approximate surface area is 143 Å². The van der Waals surface area contributed by atoms with Crippen molar-refractivity contribution in [2.75, 3.05) is 31.1 Å². The lowest BCUT2D eigenvalue weighted by Gasteiger charge is -2.35. The molecular formula is C16H18FN3O5. The molecule has 0 bridgehead atoms. The Morgan fingerprint density at radius 2 is 2.12 bits per heavy atom. The molecule has 3 rings (SSSR count). The Balaban J connectivity index is 1.86. The number of hydrogen-bond donors (Lipinski definition) is 2. The smallest absolute Gasteiger partial charge is 0.334 e. The monoisotopic (exact) mass is 351 g/mol. The highest BCUT2D eigenvalue weighted by Gasteiger charge is 2.34. The van der Waals surface area contributed by atoms with Crippen molar-refractivity contribution in [3.63, 3.8) is 0 Å². The zero-order valence-electron chi connectivity index (χ0n) is 13.6. The third kappa shape index (κ3) is 3.41. The van der Waals surface area contributed by atoms with Crippen LogP contribution in [0, 0.1) is 5.82 Å². The number of ether oxygens (including phenoxy) is 1. The van der Waals surface area contributed by atoms with Gasteiger partial charge in [0.05, 0.1) is 18.2 Å². The lowest BCUT2D eigenvalue weighted by molar-refractivity contribution is -0.160. The Bertz CT molecular complexity index is 726. The fourth-order valence-corrected chi connectivity index (χ4v) is 2.99. The standard InChI is InChI=1S/C16H18FN3O5/c1-9-7-19(8-13(25-9)15(22)23)14(21)11-6-10(2-3-12(11)17)20-5-4-18-16(20)24/h2-3,6,9,13H,4-5,7-8H2,1H3,(H,18,24)(H,22,23)/t9-,13?/m1/s1. The van der Waals surface area contributed by atoms with Gasteiger partial charge in [-0.3, -0.25) is 9.69 Å². The molecule has 0 saturated carbocycles. The van der Waals surface area contributed by atoms with Crippen LogP contribution in [-0.2, 0) is 9.53 Å². The van der Waals surface area contributed by atoms with E-state index in [-0.39, 0.29) is 24.7 Å². The lowest BCUT2D eigenvalue weighted by Crippen LogP contribution is -2.51. The predicted octanol–water partition coefficient (Wildman–Crippen LogP) is 0.669. The van der Waals surface area contributed by atoms with E-state index < -0.39 is 29.9 Å². The van der Waals surface area contributed by atoms with Gasteiger partial charge in [0.2, 0.25) is 0 Å². The highest BCUT2D eigenvalue weighted by molar-refractivity contribution is 5.99. The Hall–Kier alpha value is -2.68. The van der Waals surface area contributed by atoms with Gasteiger partial charge < -0.3 is 20.1 Å². The molecule has 2 fully saturated rings. The minimum atomic E-state index is -1.17. The highest BCUT2D eigenvalue weighted by atomic mass is 19.1. The summed E-state index contributed by atoms with van der Waals surface area (Å²) in [5, 5.41) is 11.7. The van der Waals surface area contributed by atoms with E-state index in [0.717, 1.165) is 6.07 Å². The first kappa shape index (κ1) is 17.2. The fourth-order valence-electron chi connectivity index (χ4n) is 2.99. The molecule has 8 nitrogen and oxygen atoms in total. The van der Waals surface area contributed by atoms with Gasteiger partial charge in [0.15, 0.2) is 6.10 Å². The summed E-state index contributed by atoms with van der Waals surface area (Å²) in [5.74, 6) is -2.52. The van der Waals surface area contributed by atoms with Gasteiger partial charge in [0.1, 0.15) is 5.82 Å². The van der Waals surface area contributed by atoms with Crippen molar-refractivity contribution in [1.82, 2.24) is 10.2 Å². The molecule has 1 aromatic rings. The third-order valence-electron chi connectivity index (χ3n) is 4.17. The van der Waals surface area contributed by atoms with Crippen LogP contribution in [0.15, 0.2) is 18.2 Å². The van der Waals surface area contributed by atoms with E-state index >= 15 is 0 Å². The second kappa shape index (κ2) is 6.67. The van der Waals surface area contributed by atoms with Crippen LogP contribution < -0.4 is 10.2 Å². The molecule has 0 aromatic heterocycles. The SMILES string of the molecule is C[C@@H]1CN(C(=O)c2cc(N3CCNC3=O)ccc2F)CC(C(=O)O)O1. The summed E-state index contributed by atoms with van der Waals surface area (Å²) in [5.41, 5.74) is 0.214. The predicted molar refractivity (Wildman–Crippen MR) is 85.0 cm³/mol. The van der Waals surface area contributed by atoms with Gasteiger partial charge in [-0.15, -0.1) is 0 Å². The number of anilines is 1. The number of amides is 3. The average molecular weight is 351 g/mol. The van der Waals surface area contributed by atoms with E-state index in [9.17, 15) is 18.8 Å². The molecule has 134 valence electrons. The summed E-state index contributed by atoms with van der Waals surface area (Å²) in [6.07, 6.45) is -1.63. The Morgan fingerprint density at radius 3 is 2.76 bits per heavy atom.